The van der Waals surface area contributed by atoms with Gasteiger partial charge in [-0.2, -0.15) is 4.98 Å². The van der Waals surface area contributed by atoms with Gasteiger partial charge in [-0.05, 0) is 5.56 Å². The minimum Gasteiger partial charge on any atom is -0.411 e. The summed E-state index contributed by atoms with van der Waals surface area (Å²) in [5.74, 6) is 1.01. The summed E-state index contributed by atoms with van der Waals surface area (Å²) in [6.07, 6.45) is 0.345. The number of hydrogen-bond donors (Lipinski definition) is 1. The number of aryl methyl sites for hydroxylation is 1. The molecule has 0 aliphatic rings. The third-order valence-corrected chi connectivity index (χ3v) is 2.12. The molecule has 0 aliphatic heterocycles. The number of nitrogens with zero attached hydrogens (tertiary/aromatic N) is 3. The Bertz CT molecular complexity index is 491. The van der Waals surface area contributed by atoms with E-state index in [0.717, 1.165) is 5.56 Å². The maximum atomic E-state index is 8.95. The zero-order chi connectivity index (χ0) is 11.4. The SMILES string of the molecule is Cc1nc(C/C(=N\O)c2ccccc2)no1. The van der Waals surface area contributed by atoms with Gasteiger partial charge in [-0.25, -0.2) is 0 Å². The first-order valence-corrected chi connectivity index (χ1v) is 4.85. The fourth-order valence-corrected chi connectivity index (χ4v) is 1.39. The lowest BCUT2D eigenvalue weighted by molar-refractivity contribution is 0.318. The van der Waals surface area contributed by atoms with Crippen molar-refractivity contribution in [3.8, 4) is 0 Å². The predicted molar refractivity (Wildman–Crippen MR) is 57.5 cm³/mol. The van der Waals surface area contributed by atoms with Gasteiger partial charge < -0.3 is 9.73 Å². The van der Waals surface area contributed by atoms with E-state index in [4.69, 9.17) is 9.73 Å². The lowest BCUT2D eigenvalue weighted by Gasteiger charge is -2.00. The standard InChI is InChI=1S/C11H11N3O2/c1-8-12-11(14-16-8)7-10(13-15)9-5-3-2-4-6-9/h2-6,15H,7H2,1H3/b13-10+. The van der Waals surface area contributed by atoms with Gasteiger partial charge in [0.15, 0.2) is 5.82 Å². The molecular formula is C11H11N3O2. The Hall–Kier alpha value is -2.17. The zero-order valence-electron chi connectivity index (χ0n) is 8.79. The van der Waals surface area contributed by atoms with Crippen LogP contribution in [0.15, 0.2) is 40.0 Å². The quantitative estimate of drug-likeness (QED) is 0.483. The first kappa shape index (κ1) is 10.4. The molecule has 0 aliphatic carbocycles. The molecule has 1 heterocycles. The van der Waals surface area contributed by atoms with Crippen LogP contribution in [0.3, 0.4) is 0 Å². The monoisotopic (exact) mass is 217 g/mol. The van der Waals surface area contributed by atoms with Crippen LogP contribution >= 0.6 is 0 Å². The normalized spacial score (nSPS) is 11.7. The van der Waals surface area contributed by atoms with Crippen molar-refractivity contribution >= 4 is 5.71 Å². The maximum Gasteiger partial charge on any atom is 0.223 e. The van der Waals surface area contributed by atoms with Crippen molar-refractivity contribution in [2.45, 2.75) is 13.3 Å². The molecule has 1 aromatic carbocycles. The number of hydrogen-bond acceptors (Lipinski definition) is 5. The fraction of sp³-hybridized carbons (Fsp3) is 0.182. The van der Waals surface area contributed by atoms with E-state index in [1.165, 1.54) is 0 Å². The maximum absolute atomic E-state index is 8.95. The fourth-order valence-electron chi connectivity index (χ4n) is 1.39. The number of oxime groups is 1. The summed E-state index contributed by atoms with van der Waals surface area (Å²) >= 11 is 0. The molecule has 0 fully saturated rings. The van der Waals surface area contributed by atoms with Crippen LogP contribution in [0.4, 0.5) is 0 Å². The van der Waals surface area contributed by atoms with Crippen LogP contribution in [0, 0.1) is 6.92 Å². The Morgan fingerprint density at radius 1 is 1.38 bits per heavy atom. The molecule has 5 nitrogen and oxygen atoms in total. The van der Waals surface area contributed by atoms with E-state index in [-0.39, 0.29) is 0 Å². The molecular weight excluding hydrogens is 206 g/mol. The smallest absolute Gasteiger partial charge is 0.223 e. The molecule has 0 radical (unpaired) electrons. The second kappa shape index (κ2) is 4.57. The van der Waals surface area contributed by atoms with Crippen molar-refractivity contribution in [1.29, 1.82) is 0 Å². The molecule has 0 unspecified atom stereocenters. The van der Waals surface area contributed by atoms with Crippen LogP contribution in [0.5, 0.6) is 0 Å². The molecule has 1 aromatic heterocycles. The van der Waals surface area contributed by atoms with Crippen LogP contribution in [-0.2, 0) is 6.42 Å². The van der Waals surface area contributed by atoms with Gasteiger partial charge in [0.2, 0.25) is 5.89 Å². The number of aromatic nitrogens is 2. The Balaban J connectivity index is 2.20. The van der Waals surface area contributed by atoms with Gasteiger partial charge in [0.1, 0.15) is 0 Å². The van der Waals surface area contributed by atoms with E-state index in [1.807, 2.05) is 30.3 Å². The van der Waals surface area contributed by atoms with Gasteiger partial charge in [-0.15, -0.1) is 0 Å². The minimum atomic E-state index is 0.345. The van der Waals surface area contributed by atoms with Crippen molar-refractivity contribution < 1.29 is 9.73 Å². The van der Waals surface area contributed by atoms with E-state index < -0.39 is 0 Å². The molecule has 0 atom stereocenters. The predicted octanol–water partition coefficient (Wildman–Crippen LogP) is 1.80. The molecule has 16 heavy (non-hydrogen) atoms. The van der Waals surface area contributed by atoms with Gasteiger partial charge in [0.05, 0.1) is 12.1 Å². The molecule has 1 N–H and O–H groups in total. The van der Waals surface area contributed by atoms with E-state index in [2.05, 4.69) is 15.3 Å². The van der Waals surface area contributed by atoms with Gasteiger partial charge >= 0.3 is 0 Å². The van der Waals surface area contributed by atoms with Gasteiger partial charge in [0, 0.05) is 6.92 Å². The second-order valence-electron chi connectivity index (χ2n) is 3.32. The summed E-state index contributed by atoms with van der Waals surface area (Å²) in [6, 6.07) is 9.38. The summed E-state index contributed by atoms with van der Waals surface area (Å²) in [7, 11) is 0. The molecule has 0 bridgehead atoms. The minimum absolute atomic E-state index is 0.345. The summed E-state index contributed by atoms with van der Waals surface area (Å²) in [5, 5.41) is 16.0. The van der Waals surface area contributed by atoms with Crippen molar-refractivity contribution in [2.24, 2.45) is 5.16 Å². The van der Waals surface area contributed by atoms with Crippen LogP contribution in [0.25, 0.3) is 0 Å². The first-order chi connectivity index (χ1) is 7.79. The lowest BCUT2D eigenvalue weighted by atomic mass is 10.1. The average molecular weight is 217 g/mol. The van der Waals surface area contributed by atoms with Gasteiger partial charge in [-0.1, -0.05) is 40.6 Å². The van der Waals surface area contributed by atoms with Crippen molar-refractivity contribution in [3.63, 3.8) is 0 Å². The van der Waals surface area contributed by atoms with Crippen LogP contribution in [-0.4, -0.2) is 21.1 Å². The van der Waals surface area contributed by atoms with Gasteiger partial charge in [0.25, 0.3) is 0 Å². The third-order valence-electron chi connectivity index (χ3n) is 2.12. The Morgan fingerprint density at radius 2 is 2.12 bits per heavy atom. The van der Waals surface area contributed by atoms with E-state index in [0.29, 0.717) is 23.8 Å². The summed E-state index contributed by atoms with van der Waals surface area (Å²) < 4.78 is 4.85. The molecule has 0 amide bonds. The third kappa shape index (κ3) is 2.25. The first-order valence-electron chi connectivity index (χ1n) is 4.85. The topological polar surface area (TPSA) is 71.5 Å². The largest absolute Gasteiger partial charge is 0.411 e. The van der Waals surface area contributed by atoms with Crippen LogP contribution in [0.1, 0.15) is 17.3 Å². The van der Waals surface area contributed by atoms with Crippen molar-refractivity contribution in [1.82, 2.24) is 10.1 Å². The highest BCUT2D eigenvalue weighted by molar-refractivity contribution is 6.01. The molecule has 0 saturated heterocycles. The van der Waals surface area contributed by atoms with E-state index >= 15 is 0 Å². The Kier molecular flexibility index (Phi) is 2.95. The Labute approximate surface area is 92.4 Å². The molecule has 82 valence electrons. The number of rotatable bonds is 3. The van der Waals surface area contributed by atoms with Crippen LogP contribution < -0.4 is 0 Å². The summed E-state index contributed by atoms with van der Waals surface area (Å²) in [6.45, 7) is 1.72. The lowest BCUT2D eigenvalue weighted by Crippen LogP contribution is -2.06. The highest BCUT2D eigenvalue weighted by Crippen LogP contribution is 2.06. The van der Waals surface area contributed by atoms with E-state index in [1.54, 1.807) is 6.92 Å². The molecule has 5 heteroatoms. The summed E-state index contributed by atoms with van der Waals surface area (Å²) in [4.78, 5) is 4.05. The average Bonchev–Trinajstić information content (AvgIpc) is 2.73. The highest BCUT2D eigenvalue weighted by atomic mass is 16.5. The van der Waals surface area contributed by atoms with E-state index in [9.17, 15) is 0 Å². The molecule has 0 spiro atoms. The second-order valence-corrected chi connectivity index (χ2v) is 3.32. The zero-order valence-corrected chi connectivity index (χ0v) is 8.79. The number of benzene rings is 1. The van der Waals surface area contributed by atoms with Gasteiger partial charge in [-0.3, -0.25) is 0 Å². The molecule has 2 rings (SSSR count). The van der Waals surface area contributed by atoms with Crippen molar-refractivity contribution in [3.05, 3.63) is 47.6 Å². The highest BCUT2D eigenvalue weighted by Gasteiger charge is 2.09. The van der Waals surface area contributed by atoms with Crippen molar-refractivity contribution in [2.75, 3.05) is 0 Å². The molecule has 2 aromatic rings. The Morgan fingerprint density at radius 3 is 2.69 bits per heavy atom. The molecule has 0 saturated carbocycles. The van der Waals surface area contributed by atoms with Crippen LogP contribution in [0.2, 0.25) is 0 Å². The summed E-state index contributed by atoms with van der Waals surface area (Å²) in [5.41, 5.74) is 1.36.